The first-order valence-corrected chi connectivity index (χ1v) is 7.12. The Labute approximate surface area is 113 Å². The highest BCUT2D eigenvalue weighted by atomic mass is 32.1. The van der Waals surface area contributed by atoms with Crippen molar-refractivity contribution in [3.05, 3.63) is 15.6 Å². The topological polar surface area (TPSA) is 54.6 Å². The first kappa shape index (κ1) is 13.9. The molecule has 1 aliphatic heterocycles. The van der Waals surface area contributed by atoms with Gasteiger partial charge in [0.2, 0.25) is 0 Å². The third kappa shape index (κ3) is 3.49. The molecule has 18 heavy (non-hydrogen) atoms. The van der Waals surface area contributed by atoms with E-state index in [4.69, 9.17) is 10.5 Å². The molecule has 102 valence electrons. The first-order chi connectivity index (χ1) is 8.72. The Hall–Kier alpha value is -0.530. The lowest BCUT2D eigenvalue weighted by atomic mass is 10.3. The van der Waals surface area contributed by atoms with E-state index in [0.29, 0.717) is 13.2 Å². The van der Waals surface area contributed by atoms with Gasteiger partial charge in [0.25, 0.3) is 0 Å². The van der Waals surface area contributed by atoms with E-state index < -0.39 is 0 Å². The number of piperazine rings is 1. The number of nitrogens with two attached hydrogens (primary N) is 1. The van der Waals surface area contributed by atoms with Gasteiger partial charge in [-0.1, -0.05) is 0 Å². The van der Waals surface area contributed by atoms with E-state index in [2.05, 4.69) is 21.8 Å². The number of rotatable bonds is 5. The number of methoxy groups -OCH3 is 1. The minimum Gasteiger partial charge on any atom is -0.378 e. The van der Waals surface area contributed by atoms with Crippen molar-refractivity contribution in [3.63, 3.8) is 0 Å². The van der Waals surface area contributed by atoms with Gasteiger partial charge in [0, 0.05) is 44.7 Å². The van der Waals surface area contributed by atoms with Crippen LogP contribution >= 0.6 is 11.3 Å². The highest BCUT2D eigenvalue weighted by molar-refractivity contribution is 7.11. The number of thiazole rings is 1. The Balaban J connectivity index is 1.96. The summed E-state index contributed by atoms with van der Waals surface area (Å²) in [5, 5.41) is 1.16. The number of likely N-dealkylation sites (N-methyl/N-ethyl adjacent to an activating group) is 1. The van der Waals surface area contributed by atoms with Crippen LogP contribution in [0.5, 0.6) is 0 Å². The van der Waals surface area contributed by atoms with Crippen LogP contribution < -0.4 is 5.73 Å². The molecule has 1 fully saturated rings. The molecule has 0 bridgehead atoms. The Morgan fingerprint density at radius 1 is 1.33 bits per heavy atom. The predicted octanol–water partition coefficient (Wildman–Crippen LogP) is 0.496. The summed E-state index contributed by atoms with van der Waals surface area (Å²) in [6.45, 7) is 6.57. The smallest absolute Gasteiger partial charge is 0.107 e. The Kier molecular flexibility index (Phi) is 5.08. The quantitative estimate of drug-likeness (QED) is 0.844. The number of ether oxygens (including phenoxy) is 1. The first-order valence-electron chi connectivity index (χ1n) is 6.30. The van der Waals surface area contributed by atoms with Gasteiger partial charge in [-0.2, -0.15) is 0 Å². The summed E-state index contributed by atoms with van der Waals surface area (Å²) >= 11 is 1.72. The molecule has 0 aromatic carbocycles. The van der Waals surface area contributed by atoms with Gasteiger partial charge in [0.05, 0.1) is 18.8 Å². The van der Waals surface area contributed by atoms with Crippen molar-refractivity contribution < 1.29 is 4.74 Å². The van der Waals surface area contributed by atoms with Gasteiger partial charge in [-0.25, -0.2) is 4.98 Å². The van der Waals surface area contributed by atoms with E-state index in [1.807, 2.05) is 0 Å². The van der Waals surface area contributed by atoms with Crippen LogP contribution in [0.15, 0.2) is 0 Å². The maximum Gasteiger partial charge on any atom is 0.107 e. The molecule has 0 aliphatic carbocycles. The molecular weight excluding hydrogens is 248 g/mol. The summed E-state index contributed by atoms with van der Waals surface area (Å²) in [5.41, 5.74) is 6.75. The van der Waals surface area contributed by atoms with Crippen LogP contribution in [-0.4, -0.2) is 55.1 Å². The van der Waals surface area contributed by atoms with Crippen molar-refractivity contribution in [3.8, 4) is 0 Å². The van der Waals surface area contributed by atoms with Crippen LogP contribution in [0, 0.1) is 0 Å². The van der Waals surface area contributed by atoms with Crippen molar-refractivity contribution >= 4 is 11.3 Å². The van der Waals surface area contributed by atoms with Crippen LogP contribution in [0.1, 0.15) is 15.6 Å². The fourth-order valence-electron chi connectivity index (χ4n) is 2.11. The molecule has 1 aliphatic rings. The Morgan fingerprint density at radius 2 is 2.06 bits per heavy atom. The SMILES string of the molecule is COCc1nc(CN2CCN(C)CC2)sc1CN. The second-order valence-electron chi connectivity index (χ2n) is 4.69. The second kappa shape index (κ2) is 6.58. The fourth-order valence-corrected chi connectivity index (χ4v) is 3.10. The molecule has 2 N–H and O–H groups in total. The molecule has 1 saturated heterocycles. The molecule has 0 spiro atoms. The van der Waals surface area contributed by atoms with Gasteiger partial charge in [0.15, 0.2) is 0 Å². The molecule has 1 aromatic rings. The van der Waals surface area contributed by atoms with E-state index >= 15 is 0 Å². The van der Waals surface area contributed by atoms with Crippen LogP contribution in [-0.2, 0) is 24.4 Å². The van der Waals surface area contributed by atoms with Crippen LogP contribution in [0.25, 0.3) is 0 Å². The molecule has 0 radical (unpaired) electrons. The summed E-state index contributed by atoms with van der Waals surface area (Å²) in [6, 6.07) is 0. The summed E-state index contributed by atoms with van der Waals surface area (Å²) in [4.78, 5) is 10.6. The number of hydrogen-bond acceptors (Lipinski definition) is 6. The zero-order valence-electron chi connectivity index (χ0n) is 11.2. The number of aromatic nitrogens is 1. The number of nitrogens with zero attached hydrogens (tertiary/aromatic N) is 3. The molecular formula is C12H22N4OS. The monoisotopic (exact) mass is 270 g/mol. The molecule has 2 heterocycles. The minimum absolute atomic E-state index is 0.555. The average molecular weight is 270 g/mol. The van der Waals surface area contributed by atoms with Gasteiger partial charge in [-0.3, -0.25) is 4.90 Å². The normalized spacial score (nSPS) is 18.4. The lowest BCUT2D eigenvalue weighted by molar-refractivity contribution is 0.147. The zero-order chi connectivity index (χ0) is 13.0. The third-order valence-corrected chi connectivity index (χ3v) is 4.35. The fraction of sp³-hybridized carbons (Fsp3) is 0.750. The lowest BCUT2D eigenvalue weighted by Gasteiger charge is -2.31. The zero-order valence-corrected chi connectivity index (χ0v) is 12.0. The Bertz CT molecular complexity index is 374. The molecule has 0 saturated carbocycles. The van der Waals surface area contributed by atoms with Crippen molar-refractivity contribution in [2.24, 2.45) is 5.73 Å². The van der Waals surface area contributed by atoms with Crippen molar-refractivity contribution in [2.45, 2.75) is 19.7 Å². The van der Waals surface area contributed by atoms with Crippen LogP contribution in [0.4, 0.5) is 0 Å². The van der Waals surface area contributed by atoms with Gasteiger partial charge < -0.3 is 15.4 Å². The molecule has 0 unspecified atom stereocenters. The van der Waals surface area contributed by atoms with Crippen molar-refractivity contribution in [2.75, 3.05) is 40.3 Å². The molecule has 0 amide bonds. The van der Waals surface area contributed by atoms with Gasteiger partial charge in [-0.15, -0.1) is 11.3 Å². The van der Waals surface area contributed by atoms with Gasteiger partial charge in [-0.05, 0) is 7.05 Å². The molecule has 6 heteroatoms. The van der Waals surface area contributed by atoms with Crippen LogP contribution in [0.2, 0.25) is 0 Å². The molecule has 0 atom stereocenters. The largest absolute Gasteiger partial charge is 0.378 e. The summed E-state index contributed by atoms with van der Waals surface area (Å²) < 4.78 is 5.16. The molecule has 2 rings (SSSR count). The highest BCUT2D eigenvalue weighted by Crippen LogP contribution is 2.20. The van der Waals surface area contributed by atoms with Gasteiger partial charge >= 0.3 is 0 Å². The average Bonchev–Trinajstić information content (AvgIpc) is 2.75. The Morgan fingerprint density at radius 3 is 2.67 bits per heavy atom. The second-order valence-corrected chi connectivity index (χ2v) is 5.86. The standard InChI is InChI=1S/C12H22N4OS/c1-15-3-5-16(6-4-15)8-12-14-10(9-17-2)11(7-13)18-12/h3-9,13H2,1-2H3. The van der Waals surface area contributed by atoms with E-state index in [-0.39, 0.29) is 0 Å². The summed E-state index contributed by atoms with van der Waals surface area (Å²) in [7, 11) is 3.86. The summed E-state index contributed by atoms with van der Waals surface area (Å²) in [6.07, 6.45) is 0. The molecule has 1 aromatic heterocycles. The van der Waals surface area contributed by atoms with E-state index in [1.165, 1.54) is 0 Å². The summed E-state index contributed by atoms with van der Waals surface area (Å²) in [5.74, 6) is 0. The van der Waals surface area contributed by atoms with Gasteiger partial charge in [0.1, 0.15) is 5.01 Å². The number of hydrogen-bond donors (Lipinski definition) is 1. The van der Waals surface area contributed by atoms with E-state index in [9.17, 15) is 0 Å². The highest BCUT2D eigenvalue weighted by Gasteiger charge is 2.17. The minimum atomic E-state index is 0.555. The maximum atomic E-state index is 5.74. The van der Waals surface area contributed by atoms with Crippen molar-refractivity contribution in [1.82, 2.24) is 14.8 Å². The molecule has 5 nitrogen and oxygen atoms in total. The van der Waals surface area contributed by atoms with E-state index in [0.717, 1.165) is 48.3 Å². The maximum absolute atomic E-state index is 5.74. The lowest BCUT2D eigenvalue weighted by Crippen LogP contribution is -2.43. The van der Waals surface area contributed by atoms with Crippen molar-refractivity contribution in [1.29, 1.82) is 0 Å². The predicted molar refractivity (Wildman–Crippen MR) is 73.5 cm³/mol. The van der Waals surface area contributed by atoms with Crippen LogP contribution in [0.3, 0.4) is 0 Å². The van der Waals surface area contributed by atoms with E-state index in [1.54, 1.807) is 18.4 Å². The third-order valence-electron chi connectivity index (χ3n) is 3.24.